The highest BCUT2D eigenvalue weighted by Crippen LogP contribution is 2.27. The van der Waals surface area contributed by atoms with Crippen LogP contribution in [0, 0.1) is 0 Å². The number of carbonyl (C=O) groups is 1. The number of anilines is 2. The zero-order chi connectivity index (χ0) is 19.3. The molecule has 1 atom stereocenters. The van der Waals surface area contributed by atoms with Crippen LogP contribution in [0.5, 0.6) is 5.75 Å². The van der Waals surface area contributed by atoms with Crippen LogP contribution in [-0.4, -0.2) is 38.2 Å². The van der Waals surface area contributed by atoms with E-state index < -0.39 is 0 Å². The molecular formula is C22H26ClN3O2. The zero-order valence-electron chi connectivity index (χ0n) is 15.9. The number of benzene rings is 2. The van der Waals surface area contributed by atoms with E-state index in [4.69, 9.17) is 16.3 Å². The Balaban J connectivity index is 1.30. The maximum atomic E-state index is 11.6. The van der Waals surface area contributed by atoms with Gasteiger partial charge in [-0.05, 0) is 55.2 Å². The van der Waals surface area contributed by atoms with Crippen molar-refractivity contribution in [1.29, 1.82) is 0 Å². The first kappa shape index (κ1) is 19.1. The van der Waals surface area contributed by atoms with Crippen LogP contribution in [0.25, 0.3) is 0 Å². The molecule has 4 rings (SSSR count). The number of hydrogen-bond acceptors (Lipinski definition) is 4. The van der Waals surface area contributed by atoms with E-state index in [-0.39, 0.29) is 5.91 Å². The monoisotopic (exact) mass is 399 g/mol. The Hall–Kier alpha value is -2.24. The fraction of sp³-hybridized carbons (Fsp3) is 0.409. The minimum Gasteiger partial charge on any atom is -0.494 e. The van der Waals surface area contributed by atoms with E-state index >= 15 is 0 Å². The molecule has 2 heterocycles. The first-order valence-corrected chi connectivity index (χ1v) is 10.4. The molecule has 1 amide bonds. The van der Waals surface area contributed by atoms with E-state index in [0.29, 0.717) is 19.1 Å². The van der Waals surface area contributed by atoms with Crippen molar-refractivity contribution in [3.63, 3.8) is 0 Å². The fourth-order valence-corrected chi connectivity index (χ4v) is 4.07. The lowest BCUT2D eigenvalue weighted by Gasteiger charge is -2.38. The summed E-state index contributed by atoms with van der Waals surface area (Å²) < 4.78 is 5.95. The van der Waals surface area contributed by atoms with Crippen molar-refractivity contribution in [2.45, 2.75) is 31.7 Å². The van der Waals surface area contributed by atoms with Gasteiger partial charge in [-0.3, -0.25) is 4.79 Å². The summed E-state index contributed by atoms with van der Waals surface area (Å²) in [6, 6.07) is 14.5. The number of rotatable bonds is 6. The maximum Gasteiger partial charge on any atom is 0.224 e. The van der Waals surface area contributed by atoms with Crippen molar-refractivity contribution < 1.29 is 9.53 Å². The van der Waals surface area contributed by atoms with Crippen molar-refractivity contribution in [3.05, 3.63) is 53.1 Å². The lowest BCUT2D eigenvalue weighted by Crippen LogP contribution is -2.51. The molecule has 1 unspecified atom stereocenters. The number of carbonyl (C=O) groups excluding carboxylic acids is 1. The minimum atomic E-state index is 0.0803. The summed E-state index contributed by atoms with van der Waals surface area (Å²) in [7, 11) is 0. The van der Waals surface area contributed by atoms with Crippen LogP contribution in [0.3, 0.4) is 0 Å². The quantitative estimate of drug-likeness (QED) is 0.724. The highest BCUT2D eigenvalue weighted by atomic mass is 35.5. The fourth-order valence-electron chi connectivity index (χ4n) is 3.94. The zero-order valence-corrected chi connectivity index (χ0v) is 16.7. The van der Waals surface area contributed by atoms with Crippen LogP contribution >= 0.6 is 11.6 Å². The van der Waals surface area contributed by atoms with Gasteiger partial charge in [-0.25, -0.2) is 0 Å². The van der Waals surface area contributed by atoms with E-state index in [9.17, 15) is 4.79 Å². The van der Waals surface area contributed by atoms with Crippen LogP contribution in [-0.2, 0) is 11.2 Å². The summed E-state index contributed by atoms with van der Waals surface area (Å²) >= 11 is 6.03. The van der Waals surface area contributed by atoms with Gasteiger partial charge in [-0.15, -0.1) is 0 Å². The van der Waals surface area contributed by atoms with Crippen LogP contribution < -0.4 is 20.3 Å². The predicted octanol–water partition coefficient (Wildman–Crippen LogP) is 3.86. The Morgan fingerprint density at radius 3 is 2.86 bits per heavy atom. The maximum absolute atomic E-state index is 11.6. The van der Waals surface area contributed by atoms with Gasteiger partial charge in [0.2, 0.25) is 5.91 Å². The number of amides is 1. The molecule has 2 aliphatic rings. The van der Waals surface area contributed by atoms with Crippen molar-refractivity contribution in [2.75, 3.05) is 36.5 Å². The molecule has 0 aromatic heterocycles. The molecule has 0 radical (unpaired) electrons. The topological polar surface area (TPSA) is 53.6 Å². The number of fused-ring (bicyclic) bond motifs is 1. The Bertz CT molecular complexity index is 825. The number of hydrogen-bond donors (Lipinski definition) is 2. The Kier molecular flexibility index (Phi) is 6.03. The number of nitrogens with one attached hydrogen (secondary N) is 2. The number of halogens is 1. The third-order valence-electron chi connectivity index (χ3n) is 5.44. The van der Waals surface area contributed by atoms with Gasteiger partial charge in [-0.1, -0.05) is 17.7 Å². The van der Waals surface area contributed by atoms with E-state index in [1.165, 1.54) is 11.3 Å². The third-order valence-corrected chi connectivity index (χ3v) is 5.69. The third kappa shape index (κ3) is 4.59. The van der Waals surface area contributed by atoms with Gasteiger partial charge in [0, 0.05) is 54.6 Å². The lowest BCUT2D eigenvalue weighted by molar-refractivity contribution is -0.116. The molecule has 0 spiro atoms. The Labute approximate surface area is 171 Å². The molecule has 1 saturated heterocycles. The standard InChI is InChI=1S/C22H26ClN3O2/c23-17-5-7-18(8-6-17)26-12-11-24-15-19(26)2-1-13-28-20-9-3-16-4-10-22(27)25-21(16)14-20/h3,5-9,14,19,24H,1-2,4,10-13,15H2,(H,25,27). The molecule has 2 aromatic carbocycles. The van der Waals surface area contributed by atoms with Gasteiger partial charge in [-0.2, -0.15) is 0 Å². The molecule has 2 aliphatic heterocycles. The summed E-state index contributed by atoms with van der Waals surface area (Å²) in [5.74, 6) is 0.897. The molecule has 28 heavy (non-hydrogen) atoms. The van der Waals surface area contributed by atoms with Crippen molar-refractivity contribution in [1.82, 2.24) is 5.32 Å². The van der Waals surface area contributed by atoms with E-state index in [1.54, 1.807) is 0 Å². The summed E-state index contributed by atoms with van der Waals surface area (Å²) in [6.45, 7) is 3.64. The summed E-state index contributed by atoms with van der Waals surface area (Å²) in [5, 5.41) is 7.19. The van der Waals surface area contributed by atoms with Gasteiger partial charge in [0.1, 0.15) is 5.75 Å². The van der Waals surface area contributed by atoms with E-state index in [1.807, 2.05) is 24.3 Å². The van der Waals surface area contributed by atoms with E-state index in [0.717, 1.165) is 55.4 Å². The number of nitrogens with zero attached hydrogens (tertiary/aromatic N) is 1. The SMILES string of the molecule is O=C1CCc2ccc(OCCCC3CNCCN3c3ccc(Cl)cc3)cc2N1. The molecule has 5 nitrogen and oxygen atoms in total. The number of aryl methyl sites for hydroxylation is 1. The molecule has 6 heteroatoms. The number of ether oxygens (including phenoxy) is 1. The van der Waals surface area contributed by atoms with Crippen molar-refractivity contribution >= 4 is 28.9 Å². The summed E-state index contributed by atoms with van der Waals surface area (Å²) in [6.07, 6.45) is 3.39. The molecule has 0 aliphatic carbocycles. The predicted molar refractivity (Wildman–Crippen MR) is 114 cm³/mol. The first-order valence-electron chi connectivity index (χ1n) is 9.97. The van der Waals surface area contributed by atoms with Crippen molar-refractivity contribution in [2.24, 2.45) is 0 Å². The summed E-state index contributed by atoms with van der Waals surface area (Å²) in [4.78, 5) is 14.0. The highest BCUT2D eigenvalue weighted by Gasteiger charge is 2.22. The molecule has 2 N–H and O–H groups in total. The molecule has 1 fully saturated rings. The largest absolute Gasteiger partial charge is 0.494 e. The van der Waals surface area contributed by atoms with Crippen LogP contribution in [0.15, 0.2) is 42.5 Å². The van der Waals surface area contributed by atoms with Gasteiger partial charge in [0.25, 0.3) is 0 Å². The van der Waals surface area contributed by atoms with Gasteiger partial charge in [0.15, 0.2) is 0 Å². The van der Waals surface area contributed by atoms with Gasteiger partial charge >= 0.3 is 0 Å². The van der Waals surface area contributed by atoms with Crippen molar-refractivity contribution in [3.8, 4) is 5.75 Å². The van der Waals surface area contributed by atoms with Crippen LogP contribution in [0.4, 0.5) is 11.4 Å². The number of piperazine rings is 1. The highest BCUT2D eigenvalue weighted by molar-refractivity contribution is 6.30. The second kappa shape index (κ2) is 8.84. The average molecular weight is 400 g/mol. The first-order chi connectivity index (χ1) is 13.7. The molecular weight excluding hydrogens is 374 g/mol. The van der Waals surface area contributed by atoms with Gasteiger partial charge < -0.3 is 20.3 Å². The summed E-state index contributed by atoms with van der Waals surface area (Å²) in [5.41, 5.74) is 3.29. The molecule has 0 bridgehead atoms. The van der Waals surface area contributed by atoms with Crippen LogP contribution in [0.2, 0.25) is 5.02 Å². The average Bonchev–Trinajstić information content (AvgIpc) is 2.72. The Morgan fingerprint density at radius 2 is 2.00 bits per heavy atom. The lowest BCUT2D eigenvalue weighted by atomic mass is 10.0. The normalized spacial score (nSPS) is 19.1. The van der Waals surface area contributed by atoms with Gasteiger partial charge in [0.05, 0.1) is 6.61 Å². The second-order valence-corrected chi connectivity index (χ2v) is 7.82. The van der Waals surface area contributed by atoms with E-state index in [2.05, 4.69) is 33.7 Å². The molecule has 0 saturated carbocycles. The molecule has 148 valence electrons. The Morgan fingerprint density at radius 1 is 1.14 bits per heavy atom. The molecule has 2 aromatic rings. The smallest absolute Gasteiger partial charge is 0.224 e. The second-order valence-electron chi connectivity index (χ2n) is 7.39. The van der Waals surface area contributed by atoms with Crippen LogP contribution in [0.1, 0.15) is 24.8 Å². The minimum absolute atomic E-state index is 0.0803.